The highest BCUT2D eigenvalue weighted by molar-refractivity contribution is 7.99. The third-order valence-corrected chi connectivity index (χ3v) is 6.60. The van der Waals surface area contributed by atoms with Crippen LogP contribution in [0, 0.1) is 6.92 Å². The van der Waals surface area contributed by atoms with Gasteiger partial charge in [-0.2, -0.15) is 0 Å². The van der Waals surface area contributed by atoms with Crippen LogP contribution >= 0.6 is 23.1 Å². The van der Waals surface area contributed by atoms with E-state index in [1.807, 2.05) is 31.2 Å². The molecule has 0 bridgehead atoms. The van der Waals surface area contributed by atoms with Gasteiger partial charge in [0.1, 0.15) is 11.5 Å². The molecule has 2 aromatic carbocycles. The minimum absolute atomic E-state index is 0.0514. The number of ether oxygens (including phenoxy) is 2. The van der Waals surface area contributed by atoms with Crippen molar-refractivity contribution in [2.45, 2.75) is 12.1 Å². The molecule has 4 rings (SSSR count). The molecule has 29 heavy (non-hydrogen) atoms. The maximum Gasteiger partial charge on any atom is 0.277 e. The number of aromatic nitrogens is 2. The molecule has 4 aromatic rings. The van der Waals surface area contributed by atoms with E-state index in [2.05, 4.69) is 10.2 Å². The quantitative estimate of drug-likeness (QED) is 0.295. The third-order valence-electron chi connectivity index (χ3n) is 4.47. The second-order valence-electron chi connectivity index (χ2n) is 6.20. The Balaban J connectivity index is 1.49. The van der Waals surface area contributed by atoms with Gasteiger partial charge in [-0.05, 0) is 36.1 Å². The molecule has 0 aliphatic carbocycles. The van der Waals surface area contributed by atoms with Crippen molar-refractivity contribution < 1.29 is 18.7 Å². The molecule has 0 saturated carbocycles. The van der Waals surface area contributed by atoms with Crippen molar-refractivity contribution in [1.82, 2.24) is 10.2 Å². The van der Waals surface area contributed by atoms with Crippen molar-refractivity contribution in [3.05, 3.63) is 52.9 Å². The maximum atomic E-state index is 12.7. The van der Waals surface area contributed by atoms with Crippen molar-refractivity contribution in [3.8, 4) is 23.0 Å². The zero-order valence-corrected chi connectivity index (χ0v) is 17.7. The smallest absolute Gasteiger partial charge is 0.277 e. The van der Waals surface area contributed by atoms with Gasteiger partial charge in [-0.15, -0.1) is 21.5 Å². The number of aryl methyl sites for hydroxylation is 1. The number of ketones is 1. The van der Waals surface area contributed by atoms with E-state index < -0.39 is 0 Å². The Hall–Kier alpha value is -2.84. The van der Waals surface area contributed by atoms with Gasteiger partial charge < -0.3 is 13.9 Å². The van der Waals surface area contributed by atoms with Crippen LogP contribution in [0.5, 0.6) is 11.5 Å². The van der Waals surface area contributed by atoms with E-state index >= 15 is 0 Å². The minimum atomic E-state index is 0.0514. The fourth-order valence-electron chi connectivity index (χ4n) is 2.99. The number of nitrogens with zero attached hydrogens (tertiary/aromatic N) is 2. The molecule has 2 heterocycles. The first-order chi connectivity index (χ1) is 14.1. The number of benzene rings is 2. The van der Waals surface area contributed by atoms with Crippen LogP contribution in [0.2, 0.25) is 0 Å². The fraction of sp³-hybridized carbons (Fsp3) is 0.190. The Morgan fingerprint density at radius 2 is 1.97 bits per heavy atom. The van der Waals surface area contributed by atoms with E-state index in [9.17, 15) is 4.79 Å². The Morgan fingerprint density at radius 1 is 1.14 bits per heavy atom. The lowest BCUT2D eigenvalue weighted by Crippen LogP contribution is -2.01. The molecule has 8 heteroatoms. The van der Waals surface area contributed by atoms with Crippen molar-refractivity contribution in [2.24, 2.45) is 0 Å². The van der Waals surface area contributed by atoms with Crippen LogP contribution in [0.1, 0.15) is 15.2 Å². The standard InChI is InChI=1S/C21H18N2O4S2/c1-12-14-6-4-5-7-18(14)29-19(12)16(24)11-28-21-23-22-20(27-21)15-9-8-13(25-2)10-17(15)26-3/h4-10H,11H2,1-3H3. The Bertz CT molecular complexity index is 1180. The average Bonchev–Trinajstić information content (AvgIpc) is 3.36. The lowest BCUT2D eigenvalue weighted by atomic mass is 10.1. The summed E-state index contributed by atoms with van der Waals surface area (Å²) in [6.45, 7) is 1.98. The first kappa shape index (κ1) is 19.5. The molecule has 2 aromatic heterocycles. The highest BCUT2D eigenvalue weighted by atomic mass is 32.2. The first-order valence-electron chi connectivity index (χ1n) is 8.80. The molecule has 0 amide bonds. The molecular formula is C21H18N2O4S2. The number of rotatable bonds is 7. The Morgan fingerprint density at radius 3 is 2.72 bits per heavy atom. The molecule has 0 N–H and O–H groups in total. The molecule has 0 aliphatic rings. The van der Waals surface area contributed by atoms with Crippen LogP contribution in [0.3, 0.4) is 0 Å². The number of methoxy groups -OCH3 is 2. The Labute approximate surface area is 175 Å². The lowest BCUT2D eigenvalue weighted by molar-refractivity contribution is 0.102. The molecule has 0 aliphatic heterocycles. The third kappa shape index (κ3) is 3.86. The Kier molecular flexibility index (Phi) is 5.55. The van der Waals surface area contributed by atoms with Crippen molar-refractivity contribution >= 4 is 39.0 Å². The second-order valence-corrected chi connectivity index (χ2v) is 8.18. The van der Waals surface area contributed by atoms with Gasteiger partial charge in [0.15, 0.2) is 5.78 Å². The summed E-state index contributed by atoms with van der Waals surface area (Å²) < 4.78 is 17.4. The number of thioether (sulfide) groups is 1. The summed E-state index contributed by atoms with van der Waals surface area (Å²) in [4.78, 5) is 13.5. The number of carbonyl (C=O) groups is 1. The second kappa shape index (κ2) is 8.26. The monoisotopic (exact) mass is 426 g/mol. The van der Waals surface area contributed by atoms with Crippen LogP contribution in [0.25, 0.3) is 21.5 Å². The highest BCUT2D eigenvalue weighted by Gasteiger charge is 2.18. The predicted octanol–water partition coefficient (Wildman–Crippen LogP) is 5.25. The van der Waals surface area contributed by atoms with Gasteiger partial charge in [-0.3, -0.25) is 4.79 Å². The molecule has 0 radical (unpaired) electrons. The van der Waals surface area contributed by atoms with E-state index in [0.717, 1.165) is 20.5 Å². The van der Waals surface area contributed by atoms with Crippen molar-refractivity contribution in [2.75, 3.05) is 20.0 Å². The summed E-state index contributed by atoms with van der Waals surface area (Å²) in [7, 11) is 3.15. The molecule has 6 nitrogen and oxygen atoms in total. The number of thiophene rings is 1. The minimum Gasteiger partial charge on any atom is -0.497 e. The van der Waals surface area contributed by atoms with Crippen molar-refractivity contribution in [1.29, 1.82) is 0 Å². The van der Waals surface area contributed by atoms with E-state index in [0.29, 0.717) is 28.2 Å². The zero-order valence-electron chi connectivity index (χ0n) is 16.1. The summed E-state index contributed by atoms with van der Waals surface area (Å²) in [5.74, 6) is 1.85. The summed E-state index contributed by atoms with van der Waals surface area (Å²) in [6.07, 6.45) is 0. The van der Waals surface area contributed by atoms with Crippen LogP contribution in [0.4, 0.5) is 0 Å². The molecule has 0 atom stereocenters. The molecule has 0 unspecified atom stereocenters. The first-order valence-corrected chi connectivity index (χ1v) is 10.6. The van der Waals surface area contributed by atoms with Crippen LogP contribution in [0.15, 0.2) is 52.1 Å². The lowest BCUT2D eigenvalue weighted by Gasteiger charge is -2.07. The predicted molar refractivity (Wildman–Crippen MR) is 114 cm³/mol. The largest absolute Gasteiger partial charge is 0.497 e. The van der Waals surface area contributed by atoms with E-state index in [-0.39, 0.29) is 11.5 Å². The van der Waals surface area contributed by atoms with Gasteiger partial charge in [0.2, 0.25) is 0 Å². The average molecular weight is 427 g/mol. The van der Waals surface area contributed by atoms with E-state index in [1.54, 1.807) is 32.4 Å². The topological polar surface area (TPSA) is 74.5 Å². The summed E-state index contributed by atoms with van der Waals surface area (Å²) in [5.41, 5.74) is 1.68. The molecule has 0 saturated heterocycles. The van der Waals surface area contributed by atoms with Crippen LogP contribution in [-0.2, 0) is 0 Å². The van der Waals surface area contributed by atoms with Crippen LogP contribution < -0.4 is 9.47 Å². The molecular weight excluding hydrogens is 408 g/mol. The van der Waals surface area contributed by atoms with Gasteiger partial charge >= 0.3 is 0 Å². The van der Waals surface area contributed by atoms with Gasteiger partial charge in [0.25, 0.3) is 11.1 Å². The van der Waals surface area contributed by atoms with Gasteiger partial charge in [0.05, 0.1) is 30.4 Å². The zero-order chi connectivity index (χ0) is 20.4. The van der Waals surface area contributed by atoms with Crippen LogP contribution in [-0.4, -0.2) is 36.0 Å². The number of carbonyl (C=O) groups excluding carboxylic acids is 1. The molecule has 0 fully saturated rings. The summed E-state index contributed by atoms with van der Waals surface area (Å²) >= 11 is 2.75. The maximum absolute atomic E-state index is 12.7. The number of fused-ring (bicyclic) bond motifs is 1. The fourth-order valence-corrected chi connectivity index (χ4v) is 4.86. The van der Waals surface area contributed by atoms with Gasteiger partial charge in [-0.25, -0.2) is 0 Å². The van der Waals surface area contributed by atoms with Crippen molar-refractivity contribution in [3.63, 3.8) is 0 Å². The number of hydrogen-bond donors (Lipinski definition) is 0. The van der Waals surface area contributed by atoms with Gasteiger partial charge in [-0.1, -0.05) is 30.0 Å². The highest BCUT2D eigenvalue weighted by Crippen LogP contribution is 2.35. The normalized spacial score (nSPS) is 11.0. The number of Topliss-reactive ketones (excluding diaryl/α,β-unsaturated/α-hetero) is 1. The summed E-state index contributed by atoms with van der Waals surface area (Å²) in [6, 6.07) is 13.4. The van der Waals surface area contributed by atoms with Gasteiger partial charge in [0, 0.05) is 10.8 Å². The molecule has 0 spiro atoms. The van der Waals surface area contributed by atoms with E-state index in [1.165, 1.54) is 23.1 Å². The summed E-state index contributed by atoms with van der Waals surface area (Å²) in [5, 5.41) is 9.60. The SMILES string of the molecule is COc1ccc(-c2nnc(SCC(=O)c3sc4ccccc4c3C)o2)c(OC)c1. The number of hydrogen-bond acceptors (Lipinski definition) is 8. The van der Waals surface area contributed by atoms with E-state index in [4.69, 9.17) is 13.9 Å². The molecule has 148 valence electrons.